The lowest BCUT2D eigenvalue weighted by atomic mass is 10.3. The molecule has 0 atom stereocenters. The second-order valence-corrected chi connectivity index (χ2v) is 6.84. The van der Waals surface area contributed by atoms with Crippen molar-refractivity contribution in [3.63, 3.8) is 0 Å². The second kappa shape index (κ2) is 6.71. The number of sulfone groups is 1. The lowest BCUT2D eigenvalue weighted by Crippen LogP contribution is -2.13. The minimum absolute atomic E-state index is 0.151. The molecule has 0 aliphatic heterocycles. The summed E-state index contributed by atoms with van der Waals surface area (Å²) >= 11 is 0. The molecule has 1 aromatic carbocycles. The van der Waals surface area contributed by atoms with E-state index in [-0.39, 0.29) is 10.8 Å². The fraction of sp³-hybridized carbons (Fsp3) is 0.286. The predicted octanol–water partition coefficient (Wildman–Crippen LogP) is 0.953. The molecule has 0 spiro atoms. The number of benzene rings is 1. The highest BCUT2D eigenvalue weighted by atomic mass is 32.2. The number of nitrogens with one attached hydrogen (secondary N) is 1. The maximum atomic E-state index is 11.8. The Labute approximate surface area is 129 Å². The number of nitrogens with zero attached hydrogens (tertiary/aromatic N) is 2. The quantitative estimate of drug-likeness (QED) is 0.823. The lowest BCUT2D eigenvalue weighted by Gasteiger charge is -2.07. The van der Waals surface area contributed by atoms with Gasteiger partial charge < -0.3 is 11.1 Å². The number of hydrogen-bond acceptors (Lipinski definition) is 5. The van der Waals surface area contributed by atoms with E-state index in [9.17, 15) is 13.2 Å². The molecule has 1 amide bonds. The third-order valence-electron chi connectivity index (χ3n) is 2.99. The maximum Gasteiger partial charge on any atom is 0.224 e. The molecule has 0 fully saturated rings. The van der Waals surface area contributed by atoms with Crippen LogP contribution in [0.3, 0.4) is 0 Å². The summed E-state index contributed by atoms with van der Waals surface area (Å²) in [7, 11) is -3.37. The first-order chi connectivity index (χ1) is 10.4. The van der Waals surface area contributed by atoms with Crippen molar-refractivity contribution in [2.24, 2.45) is 5.73 Å². The number of rotatable bonds is 6. The van der Waals surface area contributed by atoms with Gasteiger partial charge in [0, 0.05) is 12.7 Å². The number of anilines is 1. The largest absolute Gasteiger partial charge is 0.330 e. The average Bonchev–Trinajstić information content (AvgIpc) is 2.92. The van der Waals surface area contributed by atoms with Crippen molar-refractivity contribution in [3.8, 4) is 5.69 Å². The summed E-state index contributed by atoms with van der Waals surface area (Å²) in [5.74, 6) is -0.151. The molecule has 0 aliphatic carbocycles. The molecule has 7 nitrogen and oxygen atoms in total. The zero-order valence-electron chi connectivity index (χ0n) is 12.2. The van der Waals surface area contributed by atoms with Crippen LogP contribution in [-0.2, 0) is 14.6 Å². The van der Waals surface area contributed by atoms with Crippen LogP contribution in [0.2, 0.25) is 0 Å². The van der Waals surface area contributed by atoms with Gasteiger partial charge in [0.25, 0.3) is 0 Å². The molecular formula is C14H18N4O3S. The summed E-state index contributed by atoms with van der Waals surface area (Å²) in [6.07, 6.45) is 5.13. The van der Waals surface area contributed by atoms with Gasteiger partial charge in [0.15, 0.2) is 9.84 Å². The predicted molar refractivity (Wildman–Crippen MR) is 83.6 cm³/mol. The van der Waals surface area contributed by atoms with Crippen molar-refractivity contribution in [1.82, 2.24) is 9.78 Å². The van der Waals surface area contributed by atoms with Gasteiger partial charge in [-0.3, -0.25) is 4.79 Å². The normalized spacial score (nSPS) is 11.4. The molecule has 0 bridgehead atoms. The lowest BCUT2D eigenvalue weighted by molar-refractivity contribution is -0.116. The number of para-hydroxylation sites is 1. The summed E-state index contributed by atoms with van der Waals surface area (Å²) in [6, 6.07) is 6.55. The van der Waals surface area contributed by atoms with E-state index in [1.54, 1.807) is 24.4 Å². The Balaban J connectivity index is 2.24. The standard InChI is InChI=1S/C14H18N4O3S/c1-22(20,21)13-6-3-2-5-12(13)18-10-11(9-16-18)17-14(19)7-4-8-15/h2-3,5-6,9-10H,4,7-8,15H2,1H3,(H,17,19). The van der Waals surface area contributed by atoms with E-state index in [2.05, 4.69) is 10.4 Å². The highest BCUT2D eigenvalue weighted by Gasteiger charge is 2.15. The van der Waals surface area contributed by atoms with Gasteiger partial charge in [0.2, 0.25) is 5.91 Å². The van der Waals surface area contributed by atoms with E-state index in [1.807, 2.05) is 0 Å². The Morgan fingerprint density at radius 2 is 2.09 bits per heavy atom. The van der Waals surface area contributed by atoms with E-state index in [1.165, 1.54) is 16.9 Å². The number of carbonyl (C=O) groups excluding carboxylic acids is 1. The molecule has 1 heterocycles. The summed E-state index contributed by atoms with van der Waals surface area (Å²) < 4.78 is 25.0. The fourth-order valence-corrected chi connectivity index (χ4v) is 2.83. The number of carbonyl (C=O) groups is 1. The number of hydrogen-bond donors (Lipinski definition) is 2. The second-order valence-electron chi connectivity index (χ2n) is 4.85. The van der Waals surface area contributed by atoms with Crippen molar-refractivity contribution in [2.75, 3.05) is 18.1 Å². The average molecular weight is 322 g/mol. The van der Waals surface area contributed by atoms with Crippen LogP contribution >= 0.6 is 0 Å². The number of amides is 1. The molecule has 0 saturated carbocycles. The molecule has 0 aliphatic rings. The molecule has 8 heteroatoms. The molecule has 0 unspecified atom stereocenters. The van der Waals surface area contributed by atoms with Crippen LogP contribution < -0.4 is 11.1 Å². The molecule has 118 valence electrons. The van der Waals surface area contributed by atoms with Crippen molar-refractivity contribution < 1.29 is 13.2 Å². The Hall–Kier alpha value is -2.19. The Morgan fingerprint density at radius 3 is 2.77 bits per heavy atom. The van der Waals surface area contributed by atoms with Crippen LogP contribution in [0.5, 0.6) is 0 Å². The minimum atomic E-state index is -3.37. The third-order valence-corrected chi connectivity index (χ3v) is 4.13. The molecule has 1 aromatic heterocycles. The van der Waals surface area contributed by atoms with Gasteiger partial charge in [0.05, 0.1) is 28.7 Å². The fourth-order valence-electron chi connectivity index (χ4n) is 1.97. The molecule has 22 heavy (non-hydrogen) atoms. The van der Waals surface area contributed by atoms with E-state index >= 15 is 0 Å². The molecule has 2 aromatic rings. The van der Waals surface area contributed by atoms with Crippen LogP contribution in [0, 0.1) is 0 Å². The zero-order valence-corrected chi connectivity index (χ0v) is 13.0. The molecule has 3 N–H and O–H groups in total. The topological polar surface area (TPSA) is 107 Å². The van der Waals surface area contributed by atoms with E-state index in [0.717, 1.165) is 6.26 Å². The Bertz CT molecular complexity index is 768. The van der Waals surface area contributed by atoms with Crippen molar-refractivity contribution in [1.29, 1.82) is 0 Å². The first kappa shape index (κ1) is 16.2. The first-order valence-corrected chi connectivity index (χ1v) is 8.65. The summed E-state index contributed by atoms with van der Waals surface area (Å²) in [4.78, 5) is 11.8. The number of aromatic nitrogens is 2. The van der Waals surface area contributed by atoms with Crippen LogP contribution in [0.4, 0.5) is 5.69 Å². The summed E-state index contributed by atoms with van der Waals surface area (Å²) in [5, 5.41) is 6.80. The van der Waals surface area contributed by atoms with Gasteiger partial charge in [-0.2, -0.15) is 5.10 Å². The highest BCUT2D eigenvalue weighted by Crippen LogP contribution is 2.20. The van der Waals surface area contributed by atoms with Gasteiger partial charge >= 0.3 is 0 Å². The number of nitrogens with two attached hydrogens (primary N) is 1. The van der Waals surface area contributed by atoms with E-state index in [4.69, 9.17) is 5.73 Å². The monoisotopic (exact) mass is 322 g/mol. The smallest absolute Gasteiger partial charge is 0.224 e. The minimum Gasteiger partial charge on any atom is -0.330 e. The van der Waals surface area contributed by atoms with E-state index in [0.29, 0.717) is 30.8 Å². The molecule has 2 rings (SSSR count). The summed E-state index contributed by atoms with van der Waals surface area (Å²) in [6.45, 7) is 0.453. The van der Waals surface area contributed by atoms with Crippen molar-refractivity contribution >= 4 is 21.4 Å². The van der Waals surface area contributed by atoms with Crippen LogP contribution in [0.1, 0.15) is 12.8 Å². The Kier molecular flexibility index (Phi) is 4.94. The maximum absolute atomic E-state index is 11.8. The van der Waals surface area contributed by atoms with Crippen LogP contribution in [0.15, 0.2) is 41.6 Å². The third kappa shape index (κ3) is 3.92. The van der Waals surface area contributed by atoms with Crippen LogP contribution in [0.25, 0.3) is 5.69 Å². The molecular weight excluding hydrogens is 304 g/mol. The highest BCUT2D eigenvalue weighted by molar-refractivity contribution is 7.90. The van der Waals surface area contributed by atoms with E-state index < -0.39 is 9.84 Å². The Morgan fingerprint density at radius 1 is 1.36 bits per heavy atom. The van der Waals surface area contributed by atoms with Gasteiger partial charge in [-0.1, -0.05) is 12.1 Å². The van der Waals surface area contributed by atoms with Crippen LogP contribution in [-0.4, -0.2) is 36.9 Å². The SMILES string of the molecule is CS(=O)(=O)c1ccccc1-n1cc(NC(=O)CCCN)cn1. The zero-order chi connectivity index (χ0) is 16.2. The molecule has 0 saturated heterocycles. The van der Waals surface area contributed by atoms with Crippen molar-refractivity contribution in [3.05, 3.63) is 36.7 Å². The van der Waals surface area contributed by atoms with Crippen molar-refractivity contribution in [2.45, 2.75) is 17.7 Å². The van der Waals surface area contributed by atoms with Gasteiger partial charge in [0.1, 0.15) is 0 Å². The first-order valence-electron chi connectivity index (χ1n) is 6.76. The van der Waals surface area contributed by atoms with Gasteiger partial charge in [-0.25, -0.2) is 13.1 Å². The van der Waals surface area contributed by atoms with Gasteiger partial charge in [-0.05, 0) is 25.1 Å². The van der Waals surface area contributed by atoms with Gasteiger partial charge in [-0.15, -0.1) is 0 Å². The summed E-state index contributed by atoms with van der Waals surface area (Å²) in [5.41, 5.74) is 6.30. The molecule has 0 radical (unpaired) electrons.